The van der Waals surface area contributed by atoms with Crippen LogP contribution in [0.15, 0.2) is 22.3 Å². The predicted molar refractivity (Wildman–Crippen MR) is 113 cm³/mol. The molecule has 7 nitrogen and oxygen atoms in total. The van der Waals surface area contributed by atoms with E-state index >= 15 is 0 Å². The minimum Gasteiger partial charge on any atom is -0.337 e. The van der Waals surface area contributed by atoms with E-state index in [4.69, 9.17) is 4.98 Å². The third-order valence-electron chi connectivity index (χ3n) is 6.37. The molecule has 2 aromatic rings. The smallest absolute Gasteiger partial charge is 0.256 e. The molecule has 1 saturated heterocycles. The predicted octanol–water partition coefficient (Wildman–Crippen LogP) is 2.42. The minimum atomic E-state index is -0.185. The number of fused-ring (bicyclic) bond motifs is 1. The fourth-order valence-corrected chi connectivity index (χ4v) is 5.25. The Hall–Kier alpha value is -2.48. The largest absolute Gasteiger partial charge is 0.337 e. The highest BCUT2D eigenvalue weighted by atomic mass is 32.1. The van der Waals surface area contributed by atoms with Crippen LogP contribution in [-0.4, -0.2) is 44.7 Å². The van der Waals surface area contributed by atoms with Gasteiger partial charge in [-0.25, -0.2) is 4.98 Å². The molecule has 0 bridgehead atoms. The maximum Gasteiger partial charge on any atom is 0.256 e. The molecule has 2 aromatic heterocycles. The van der Waals surface area contributed by atoms with E-state index in [2.05, 4.69) is 4.98 Å². The first-order valence-electron chi connectivity index (χ1n) is 10.8. The molecular weight excluding hydrogens is 400 g/mol. The molecule has 8 heteroatoms. The van der Waals surface area contributed by atoms with Crippen LogP contribution in [0.3, 0.4) is 0 Å². The van der Waals surface area contributed by atoms with E-state index in [9.17, 15) is 14.4 Å². The summed E-state index contributed by atoms with van der Waals surface area (Å²) in [6.07, 6.45) is 5.71. The molecule has 0 spiro atoms. The second-order valence-electron chi connectivity index (χ2n) is 8.52. The van der Waals surface area contributed by atoms with Crippen LogP contribution in [0.25, 0.3) is 0 Å². The molecular formula is C22H26N4O3S. The van der Waals surface area contributed by atoms with Gasteiger partial charge in [-0.3, -0.25) is 14.4 Å². The lowest BCUT2D eigenvalue weighted by atomic mass is 9.99. The summed E-state index contributed by atoms with van der Waals surface area (Å²) >= 11 is 1.59. The molecule has 158 valence electrons. The number of nitrogens with zero attached hydrogens (tertiary/aromatic N) is 3. The molecule has 0 radical (unpaired) electrons. The Bertz CT molecular complexity index is 1010. The molecule has 0 unspecified atom stereocenters. The first kappa shape index (κ1) is 19.5. The average Bonchev–Trinajstić information content (AvgIpc) is 3.50. The molecule has 1 N–H and O–H groups in total. The monoisotopic (exact) mass is 426 g/mol. The lowest BCUT2D eigenvalue weighted by Crippen LogP contribution is -2.43. The van der Waals surface area contributed by atoms with Gasteiger partial charge in [-0.15, -0.1) is 11.3 Å². The Morgan fingerprint density at radius 3 is 2.83 bits per heavy atom. The number of hydrogen-bond donors (Lipinski definition) is 1. The Kier molecular flexibility index (Phi) is 5.18. The van der Waals surface area contributed by atoms with Crippen LogP contribution < -0.4 is 5.56 Å². The second kappa shape index (κ2) is 7.98. The standard InChI is InChI=1S/C22H26N4O3S/c27-19(12-15-4-3-11-30-15)26-9-2-1-5-18(26)20-23-17-8-10-25(22(29)14-6-7-14)13-16(17)21(28)24-20/h3-4,11,14,18H,1-2,5-10,12-13H2,(H,23,24,28)/t18-/m1/s1. The number of amides is 2. The summed E-state index contributed by atoms with van der Waals surface area (Å²) in [5, 5.41) is 1.98. The maximum absolute atomic E-state index is 13.0. The van der Waals surface area contributed by atoms with Gasteiger partial charge in [0.2, 0.25) is 11.8 Å². The van der Waals surface area contributed by atoms with Crippen molar-refractivity contribution in [3.63, 3.8) is 0 Å². The molecule has 3 aliphatic rings. The minimum absolute atomic E-state index is 0.0868. The van der Waals surface area contributed by atoms with E-state index in [1.165, 1.54) is 0 Å². The quantitative estimate of drug-likeness (QED) is 0.814. The van der Waals surface area contributed by atoms with Crippen LogP contribution in [0.5, 0.6) is 0 Å². The number of nitrogens with one attached hydrogen (secondary N) is 1. The normalized spacial score (nSPS) is 21.4. The number of aromatic amines is 1. The van der Waals surface area contributed by atoms with Gasteiger partial charge >= 0.3 is 0 Å². The zero-order valence-electron chi connectivity index (χ0n) is 16.9. The van der Waals surface area contributed by atoms with Crippen molar-refractivity contribution in [2.45, 2.75) is 57.5 Å². The molecule has 4 heterocycles. The topological polar surface area (TPSA) is 86.4 Å². The molecule has 2 fully saturated rings. The van der Waals surface area contributed by atoms with Gasteiger partial charge in [-0.05, 0) is 43.6 Å². The second-order valence-corrected chi connectivity index (χ2v) is 9.55. The van der Waals surface area contributed by atoms with Crippen LogP contribution >= 0.6 is 11.3 Å². The zero-order valence-corrected chi connectivity index (χ0v) is 17.7. The van der Waals surface area contributed by atoms with Crippen molar-refractivity contribution in [1.29, 1.82) is 0 Å². The van der Waals surface area contributed by atoms with E-state index in [1.807, 2.05) is 22.4 Å². The van der Waals surface area contributed by atoms with E-state index in [-0.39, 0.29) is 29.3 Å². The number of hydrogen-bond acceptors (Lipinski definition) is 5. The van der Waals surface area contributed by atoms with Crippen LogP contribution in [0.2, 0.25) is 0 Å². The molecule has 1 atom stereocenters. The fourth-order valence-electron chi connectivity index (χ4n) is 4.56. The lowest BCUT2D eigenvalue weighted by Gasteiger charge is -2.36. The van der Waals surface area contributed by atoms with Crippen LogP contribution in [-0.2, 0) is 29.0 Å². The van der Waals surface area contributed by atoms with Gasteiger partial charge < -0.3 is 14.8 Å². The SMILES string of the molecule is O=C(C1CC1)N1CCc2nc([C@H]3CCCCN3C(=O)Cc3cccs3)[nH]c(=O)c2C1. The van der Waals surface area contributed by atoms with Crippen LogP contribution in [0, 0.1) is 5.92 Å². The number of carbonyl (C=O) groups is 2. The Balaban J connectivity index is 1.38. The number of H-pyrrole nitrogens is 1. The van der Waals surface area contributed by atoms with E-state index in [0.29, 0.717) is 43.9 Å². The molecule has 1 aliphatic carbocycles. The highest BCUT2D eigenvalue weighted by molar-refractivity contribution is 7.10. The van der Waals surface area contributed by atoms with Crippen molar-refractivity contribution in [1.82, 2.24) is 19.8 Å². The lowest BCUT2D eigenvalue weighted by molar-refractivity contribution is -0.135. The molecule has 2 aliphatic heterocycles. The number of thiophene rings is 1. The van der Waals surface area contributed by atoms with Gasteiger partial charge in [0, 0.05) is 30.3 Å². The van der Waals surface area contributed by atoms with Crippen molar-refractivity contribution >= 4 is 23.2 Å². The summed E-state index contributed by atoms with van der Waals surface area (Å²) in [5.41, 5.74) is 1.22. The first-order chi connectivity index (χ1) is 14.6. The molecule has 1 saturated carbocycles. The highest BCUT2D eigenvalue weighted by Gasteiger charge is 2.36. The summed E-state index contributed by atoms with van der Waals surface area (Å²) in [7, 11) is 0. The fraction of sp³-hybridized carbons (Fsp3) is 0.545. The number of piperidine rings is 1. The van der Waals surface area contributed by atoms with E-state index in [1.54, 1.807) is 16.2 Å². The summed E-state index contributed by atoms with van der Waals surface area (Å²) < 4.78 is 0. The Morgan fingerprint density at radius 1 is 1.20 bits per heavy atom. The van der Waals surface area contributed by atoms with Crippen molar-refractivity contribution < 1.29 is 9.59 Å². The van der Waals surface area contributed by atoms with Crippen molar-refractivity contribution in [2.75, 3.05) is 13.1 Å². The number of rotatable bonds is 4. The molecule has 2 amide bonds. The van der Waals surface area contributed by atoms with Gasteiger partial charge in [0.05, 0.1) is 30.3 Å². The van der Waals surface area contributed by atoms with E-state index in [0.717, 1.165) is 42.7 Å². The van der Waals surface area contributed by atoms with Crippen LogP contribution in [0.4, 0.5) is 0 Å². The number of carbonyl (C=O) groups excluding carboxylic acids is 2. The Labute approximate surface area is 179 Å². The van der Waals surface area contributed by atoms with Crippen molar-refractivity contribution in [3.8, 4) is 0 Å². The van der Waals surface area contributed by atoms with Gasteiger partial charge in [0.15, 0.2) is 0 Å². The van der Waals surface area contributed by atoms with Crippen LogP contribution in [0.1, 0.15) is 60.1 Å². The van der Waals surface area contributed by atoms with Gasteiger partial charge in [-0.2, -0.15) is 0 Å². The molecule has 30 heavy (non-hydrogen) atoms. The first-order valence-corrected chi connectivity index (χ1v) is 11.7. The summed E-state index contributed by atoms with van der Waals surface area (Å²) in [6, 6.07) is 3.76. The van der Waals surface area contributed by atoms with Gasteiger partial charge in [0.1, 0.15) is 5.82 Å². The summed E-state index contributed by atoms with van der Waals surface area (Å²) in [5.74, 6) is 1.01. The van der Waals surface area contributed by atoms with E-state index < -0.39 is 0 Å². The summed E-state index contributed by atoms with van der Waals surface area (Å²) in [6.45, 7) is 1.65. The Morgan fingerprint density at radius 2 is 2.07 bits per heavy atom. The average molecular weight is 427 g/mol. The van der Waals surface area contributed by atoms with Gasteiger partial charge in [-0.1, -0.05) is 6.07 Å². The highest BCUT2D eigenvalue weighted by Crippen LogP contribution is 2.33. The number of aromatic nitrogens is 2. The van der Waals surface area contributed by atoms with Crippen molar-refractivity contribution in [2.24, 2.45) is 5.92 Å². The van der Waals surface area contributed by atoms with Gasteiger partial charge in [0.25, 0.3) is 5.56 Å². The third kappa shape index (κ3) is 3.80. The molecule has 0 aromatic carbocycles. The van der Waals surface area contributed by atoms with Crippen molar-refractivity contribution in [3.05, 3.63) is 49.8 Å². The summed E-state index contributed by atoms with van der Waals surface area (Å²) in [4.78, 5) is 50.7. The molecule has 5 rings (SSSR count). The number of likely N-dealkylation sites (tertiary alicyclic amines) is 1. The third-order valence-corrected chi connectivity index (χ3v) is 7.25. The maximum atomic E-state index is 13.0. The zero-order chi connectivity index (χ0) is 20.7.